The minimum absolute atomic E-state index is 0.0762. The highest BCUT2D eigenvalue weighted by molar-refractivity contribution is 6.21. The minimum atomic E-state index is -1.13. The Kier molecular flexibility index (Phi) is 4.83. The van der Waals surface area contributed by atoms with E-state index in [2.05, 4.69) is 5.16 Å². The van der Waals surface area contributed by atoms with Crippen LogP contribution in [0.2, 0.25) is 0 Å². The first-order valence-electron chi connectivity index (χ1n) is 9.84. The number of hydrogen-bond donors (Lipinski definition) is 4. The van der Waals surface area contributed by atoms with Crippen LogP contribution in [-0.4, -0.2) is 45.6 Å². The number of primary amides is 1. The number of ketones is 2. The lowest BCUT2D eigenvalue weighted by molar-refractivity contribution is -0.127. The molecule has 5 N–H and O–H groups in total. The van der Waals surface area contributed by atoms with Crippen molar-refractivity contribution >= 4 is 28.9 Å². The molecule has 31 heavy (non-hydrogen) atoms. The molecule has 4 rings (SSSR count). The number of amides is 1. The molecule has 0 radical (unpaired) electrons. The van der Waals surface area contributed by atoms with Crippen molar-refractivity contribution in [3.63, 3.8) is 0 Å². The van der Waals surface area contributed by atoms with Crippen molar-refractivity contribution in [1.29, 1.82) is 0 Å². The van der Waals surface area contributed by atoms with E-state index in [1.165, 1.54) is 13.2 Å². The summed E-state index contributed by atoms with van der Waals surface area (Å²) in [7, 11) is 1.41. The third-order valence-corrected chi connectivity index (χ3v) is 6.39. The van der Waals surface area contributed by atoms with Gasteiger partial charge in [-0.3, -0.25) is 14.4 Å². The maximum Gasteiger partial charge on any atom is 0.255 e. The molecule has 3 aliphatic carbocycles. The molecule has 9 heteroatoms. The third kappa shape index (κ3) is 2.99. The summed E-state index contributed by atoms with van der Waals surface area (Å²) in [5, 5.41) is 35.9. The van der Waals surface area contributed by atoms with Crippen LogP contribution in [0.4, 0.5) is 0 Å². The summed E-state index contributed by atoms with van der Waals surface area (Å²) < 4.78 is 0. The van der Waals surface area contributed by atoms with Crippen molar-refractivity contribution in [3.8, 4) is 5.75 Å². The molecule has 0 spiro atoms. The molecule has 3 atom stereocenters. The Bertz CT molecular complexity index is 1130. The van der Waals surface area contributed by atoms with Crippen molar-refractivity contribution in [2.45, 2.75) is 26.2 Å². The van der Waals surface area contributed by atoms with E-state index in [-0.39, 0.29) is 29.1 Å². The molecular weight excluding hydrogens is 404 g/mol. The highest BCUT2D eigenvalue weighted by Gasteiger charge is 2.51. The SMILES string of the molecule is CO/N=C(\C)c1ccc(O)c2c1CC1CC3CC(=O)C(C(N)=O)=C(O)C3C(=O)C1=C2O. The van der Waals surface area contributed by atoms with E-state index in [9.17, 15) is 29.7 Å². The molecule has 1 fully saturated rings. The summed E-state index contributed by atoms with van der Waals surface area (Å²) in [6.45, 7) is 1.72. The van der Waals surface area contributed by atoms with Gasteiger partial charge < -0.3 is 25.9 Å². The molecule has 0 saturated heterocycles. The monoisotopic (exact) mass is 426 g/mol. The number of rotatable bonds is 3. The van der Waals surface area contributed by atoms with Gasteiger partial charge in [0.15, 0.2) is 11.6 Å². The minimum Gasteiger partial charge on any atom is -0.511 e. The highest BCUT2D eigenvalue weighted by atomic mass is 16.6. The second-order valence-electron chi connectivity index (χ2n) is 8.10. The van der Waals surface area contributed by atoms with Gasteiger partial charge in [0, 0.05) is 17.6 Å². The predicted octanol–water partition coefficient (Wildman–Crippen LogP) is 1.68. The maximum atomic E-state index is 13.3. The van der Waals surface area contributed by atoms with Crippen LogP contribution in [0.15, 0.2) is 34.2 Å². The van der Waals surface area contributed by atoms with Gasteiger partial charge in [-0.2, -0.15) is 0 Å². The van der Waals surface area contributed by atoms with Gasteiger partial charge in [-0.25, -0.2) is 0 Å². The van der Waals surface area contributed by atoms with Gasteiger partial charge in [0.2, 0.25) is 0 Å². The Hall–Kier alpha value is -3.62. The molecule has 3 unspecified atom stereocenters. The van der Waals surface area contributed by atoms with Crippen LogP contribution in [0.3, 0.4) is 0 Å². The quantitative estimate of drug-likeness (QED) is 0.325. The summed E-state index contributed by atoms with van der Waals surface area (Å²) >= 11 is 0. The zero-order valence-electron chi connectivity index (χ0n) is 17.0. The number of phenolic OH excluding ortho intramolecular Hbond substituents is 1. The molecule has 1 aromatic rings. The fraction of sp³-hybridized carbons (Fsp3) is 0.364. The Morgan fingerprint density at radius 3 is 2.55 bits per heavy atom. The normalized spacial score (nSPS) is 25.7. The largest absolute Gasteiger partial charge is 0.511 e. The smallest absolute Gasteiger partial charge is 0.255 e. The lowest BCUT2D eigenvalue weighted by atomic mass is 9.61. The predicted molar refractivity (Wildman–Crippen MR) is 109 cm³/mol. The topological polar surface area (TPSA) is 160 Å². The number of benzene rings is 1. The number of carbonyl (C=O) groups excluding carboxylic acids is 3. The molecular formula is C22H22N2O7. The summed E-state index contributed by atoms with van der Waals surface area (Å²) in [4.78, 5) is 42.1. The van der Waals surface area contributed by atoms with E-state index in [1.807, 2.05) is 0 Å². The number of fused-ring (bicyclic) bond motifs is 3. The van der Waals surface area contributed by atoms with E-state index in [0.29, 0.717) is 29.7 Å². The van der Waals surface area contributed by atoms with Crippen LogP contribution in [0.5, 0.6) is 5.75 Å². The van der Waals surface area contributed by atoms with Crippen molar-refractivity contribution in [3.05, 3.63) is 45.7 Å². The number of oxime groups is 1. The van der Waals surface area contributed by atoms with Gasteiger partial charge in [0.1, 0.15) is 30.0 Å². The number of nitrogens with two attached hydrogens (primary N) is 1. The van der Waals surface area contributed by atoms with Crippen molar-refractivity contribution in [2.75, 3.05) is 7.11 Å². The van der Waals surface area contributed by atoms with E-state index < -0.39 is 46.6 Å². The molecule has 0 aliphatic heterocycles. The molecule has 9 nitrogen and oxygen atoms in total. The van der Waals surface area contributed by atoms with E-state index in [4.69, 9.17) is 10.6 Å². The molecule has 0 bridgehead atoms. The molecule has 1 saturated carbocycles. The summed E-state index contributed by atoms with van der Waals surface area (Å²) in [5.41, 5.74) is 6.69. The summed E-state index contributed by atoms with van der Waals surface area (Å²) in [6.07, 6.45) is 0.575. The average molecular weight is 426 g/mol. The van der Waals surface area contributed by atoms with Crippen LogP contribution < -0.4 is 5.73 Å². The lowest BCUT2D eigenvalue weighted by Crippen LogP contribution is -2.44. The van der Waals surface area contributed by atoms with Gasteiger partial charge in [0.25, 0.3) is 5.91 Å². The number of allylic oxidation sites excluding steroid dienone is 2. The Balaban J connectivity index is 1.89. The number of hydrogen-bond acceptors (Lipinski definition) is 8. The first kappa shape index (κ1) is 20.6. The standard InChI is InChI=1S/C22H22N2O7/c1-8(24-31-2)11-3-4-13(25)17-12(11)6-9-5-10-7-14(26)18(22(23)30)21(29)16(10)19(27)15(9)20(17)28/h3-4,9-10,16,25,28-29H,5-7H2,1-2H3,(H2,23,30)/b24-8+. The number of nitrogens with zero attached hydrogens (tertiary/aromatic N) is 1. The number of aliphatic hydroxyl groups excluding tert-OH is 2. The zero-order valence-corrected chi connectivity index (χ0v) is 17.0. The second-order valence-corrected chi connectivity index (χ2v) is 8.10. The number of aliphatic hydroxyl groups is 2. The van der Waals surface area contributed by atoms with Gasteiger partial charge >= 0.3 is 0 Å². The number of Topliss-reactive ketones (excluding diaryl/α,β-unsaturated/α-hetero) is 2. The Labute approximate surface area is 177 Å². The van der Waals surface area contributed by atoms with Gasteiger partial charge in [0.05, 0.1) is 17.2 Å². The first-order chi connectivity index (χ1) is 14.7. The van der Waals surface area contributed by atoms with Gasteiger partial charge in [-0.15, -0.1) is 0 Å². The lowest BCUT2D eigenvalue weighted by Gasteiger charge is -2.41. The van der Waals surface area contributed by atoms with Crippen LogP contribution >= 0.6 is 0 Å². The zero-order chi connectivity index (χ0) is 22.6. The fourth-order valence-corrected chi connectivity index (χ4v) is 5.17. The molecule has 3 aliphatic rings. The molecule has 0 heterocycles. The van der Waals surface area contributed by atoms with E-state index >= 15 is 0 Å². The third-order valence-electron chi connectivity index (χ3n) is 6.39. The van der Waals surface area contributed by atoms with Gasteiger partial charge in [-0.1, -0.05) is 5.16 Å². The molecule has 162 valence electrons. The van der Waals surface area contributed by atoms with Crippen LogP contribution in [0.1, 0.15) is 36.5 Å². The Morgan fingerprint density at radius 1 is 1.19 bits per heavy atom. The summed E-state index contributed by atoms with van der Waals surface area (Å²) in [5.74, 6) is -5.51. The summed E-state index contributed by atoms with van der Waals surface area (Å²) in [6, 6.07) is 3.06. The second kappa shape index (κ2) is 7.26. The average Bonchev–Trinajstić information content (AvgIpc) is 2.67. The number of carbonyl (C=O) groups is 3. The van der Waals surface area contributed by atoms with Crippen molar-refractivity contribution in [2.24, 2.45) is 28.6 Å². The van der Waals surface area contributed by atoms with E-state index in [1.54, 1.807) is 13.0 Å². The van der Waals surface area contributed by atoms with Crippen LogP contribution in [0.25, 0.3) is 5.76 Å². The molecule has 0 aromatic heterocycles. The molecule has 1 amide bonds. The molecule has 1 aromatic carbocycles. The first-order valence-corrected chi connectivity index (χ1v) is 9.84. The van der Waals surface area contributed by atoms with Crippen molar-refractivity contribution < 1.29 is 34.5 Å². The van der Waals surface area contributed by atoms with Crippen molar-refractivity contribution in [1.82, 2.24) is 0 Å². The fourth-order valence-electron chi connectivity index (χ4n) is 5.17. The number of aromatic hydroxyl groups is 1. The van der Waals surface area contributed by atoms with Crippen LogP contribution in [0, 0.1) is 17.8 Å². The van der Waals surface area contributed by atoms with Crippen LogP contribution in [-0.2, 0) is 25.6 Å². The maximum absolute atomic E-state index is 13.3. The number of phenols is 1. The highest BCUT2D eigenvalue weighted by Crippen LogP contribution is 2.50. The van der Waals surface area contributed by atoms with Gasteiger partial charge in [-0.05, 0) is 49.3 Å². The van der Waals surface area contributed by atoms with E-state index in [0.717, 1.165) is 0 Å². The Morgan fingerprint density at radius 2 is 1.90 bits per heavy atom.